The minimum atomic E-state index is -0.359. The van der Waals surface area contributed by atoms with E-state index in [9.17, 15) is 10.1 Å². The van der Waals surface area contributed by atoms with Gasteiger partial charge in [0.15, 0.2) is 0 Å². The third-order valence-electron chi connectivity index (χ3n) is 1.96. The average molecular weight is 200 g/mol. The van der Waals surface area contributed by atoms with Gasteiger partial charge in [-0.1, -0.05) is 30.3 Å². The van der Waals surface area contributed by atoms with Crippen LogP contribution in [-0.4, -0.2) is 4.92 Å². The molecule has 0 aliphatic rings. The Morgan fingerprint density at radius 1 is 1.07 bits per heavy atom. The Kier molecular flexibility index (Phi) is 3.36. The van der Waals surface area contributed by atoms with Crippen LogP contribution in [0, 0.1) is 21.9 Å². The van der Waals surface area contributed by atoms with Crippen molar-refractivity contribution in [3.8, 4) is 6.57 Å². The zero-order chi connectivity index (χ0) is 11.3. The molecule has 0 atom stereocenters. The molecule has 0 spiro atoms. The van der Waals surface area contributed by atoms with Crippen LogP contribution in [0.1, 0.15) is 0 Å². The third-order valence-corrected chi connectivity index (χ3v) is 1.96. The Hall–Kier alpha value is -2.41. The highest BCUT2D eigenvalue weighted by molar-refractivity contribution is 5.90. The van der Waals surface area contributed by atoms with Crippen LogP contribution in [0.5, 0.6) is 0 Å². The zero-order valence-corrected chi connectivity index (χ0v) is 7.83. The predicted molar refractivity (Wildman–Crippen MR) is 57.3 cm³/mol. The van der Waals surface area contributed by atoms with Crippen molar-refractivity contribution in [3.05, 3.63) is 52.6 Å². The van der Waals surface area contributed by atoms with Gasteiger partial charge in [0.25, 0.3) is 5.69 Å². The van der Waals surface area contributed by atoms with Crippen LogP contribution in [0.3, 0.4) is 0 Å². The molecule has 0 unspecified atom stereocenters. The molecule has 0 aromatic heterocycles. The number of nitro groups is 1. The second-order valence-corrected chi connectivity index (χ2v) is 2.76. The van der Waals surface area contributed by atoms with E-state index in [1.165, 1.54) is 6.07 Å². The van der Waals surface area contributed by atoms with Gasteiger partial charge in [0.05, 0.1) is 10.3 Å². The monoisotopic (exact) mass is 200 g/mol. The average Bonchev–Trinajstić information content (AvgIpc) is 2.31. The quantitative estimate of drug-likeness (QED) is 0.525. The van der Waals surface area contributed by atoms with Gasteiger partial charge in [-0.05, 0) is 11.5 Å². The maximum absolute atomic E-state index is 10.6. The fourth-order valence-corrected chi connectivity index (χ4v) is 1.37. The summed E-state index contributed by atoms with van der Waals surface area (Å²) in [6.45, 7) is 3.50. The van der Waals surface area contributed by atoms with Crippen molar-refractivity contribution in [2.24, 2.45) is 0 Å². The molecular weight excluding hydrogens is 192 g/mol. The molecule has 2 rings (SSSR count). The highest BCUT2D eigenvalue weighted by Gasteiger charge is 2.08. The molecule has 2 aromatic carbocycles. The van der Waals surface area contributed by atoms with E-state index >= 15 is 0 Å². The predicted octanol–water partition coefficient (Wildman–Crippen LogP) is 2.89. The maximum atomic E-state index is 10.6. The Labute approximate surface area is 86.5 Å². The summed E-state index contributed by atoms with van der Waals surface area (Å²) in [4.78, 5) is 10.3. The highest BCUT2D eigenvalue weighted by Crippen LogP contribution is 2.24. The number of benzene rings is 2. The molecule has 74 valence electrons. The molecular formula is C11H8N2O2. The second-order valence-electron chi connectivity index (χ2n) is 2.76. The van der Waals surface area contributed by atoms with Gasteiger partial charge in [-0.15, -0.1) is 0 Å². The van der Waals surface area contributed by atoms with Gasteiger partial charge in [-0.2, -0.15) is 0 Å². The van der Waals surface area contributed by atoms with E-state index in [1.807, 2.05) is 18.2 Å². The standard InChI is InChI=1S/C10H7NO2.CHN/c12-11(13)10-7-3-5-8-4-1-2-6-9(8)10;1-2/h1-7H;1H. The molecule has 0 aliphatic heterocycles. The van der Waals surface area contributed by atoms with Gasteiger partial charge >= 0.3 is 0 Å². The third kappa shape index (κ3) is 2.09. The number of nitriles is 1. The van der Waals surface area contributed by atoms with E-state index in [0.717, 1.165) is 5.39 Å². The van der Waals surface area contributed by atoms with Crippen LogP contribution >= 0.6 is 0 Å². The molecule has 15 heavy (non-hydrogen) atoms. The molecule has 2 aromatic rings. The van der Waals surface area contributed by atoms with Gasteiger partial charge in [0.2, 0.25) is 0 Å². The normalized spacial score (nSPS) is 8.93. The molecule has 0 bridgehead atoms. The first-order valence-electron chi connectivity index (χ1n) is 4.17. The SMILES string of the molecule is C#N.O=[N+]([O-])c1cccc2ccccc12. The highest BCUT2D eigenvalue weighted by atomic mass is 16.6. The molecule has 4 heteroatoms. The van der Waals surface area contributed by atoms with Crippen molar-refractivity contribution in [1.29, 1.82) is 5.26 Å². The van der Waals surface area contributed by atoms with Crippen molar-refractivity contribution in [1.82, 2.24) is 0 Å². The number of nitro benzene ring substituents is 1. The lowest BCUT2D eigenvalue weighted by Gasteiger charge is -1.97. The van der Waals surface area contributed by atoms with Gasteiger partial charge in [0.1, 0.15) is 0 Å². The van der Waals surface area contributed by atoms with Gasteiger partial charge in [-0.25, -0.2) is 5.26 Å². The first-order valence-corrected chi connectivity index (χ1v) is 4.17. The summed E-state index contributed by atoms with van der Waals surface area (Å²) in [5.74, 6) is 0. The lowest BCUT2D eigenvalue weighted by atomic mass is 10.1. The molecule has 0 radical (unpaired) electrons. The fraction of sp³-hybridized carbons (Fsp3) is 0. The van der Waals surface area contributed by atoms with E-state index < -0.39 is 0 Å². The Balaban J connectivity index is 0.000000531. The van der Waals surface area contributed by atoms with E-state index in [2.05, 4.69) is 6.57 Å². The van der Waals surface area contributed by atoms with E-state index in [1.54, 1.807) is 18.2 Å². The Morgan fingerprint density at radius 3 is 2.33 bits per heavy atom. The van der Waals surface area contributed by atoms with E-state index in [-0.39, 0.29) is 10.6 Å². The van der Waals surface area contributed by atoms with Crippen molar-refractivity contribution in [2.45, 2.75) is 0 Å². The number of non-ortho nitro benzene ring substituents is 1. The number of hydrogen-bond acceptors (Lipinski definition) is 3. The first-order chi connectivity index (χ1) is 7.29. The van der Waals surface area contributed by atoms with Crippen LogP contribution in [0.2, 0.25) is 0 Å². The fourth-order valence-electron chi connectivity index (χ4n) is 1.37. The largest absolute Gasteiger partial charge is 0.277 e. The molecule has 0 saturated carbocycles. The van der Waals surface area contributed by atoms with Crippen molar-refractivity contribution < 1.29 is 4.92 Å². The van der Waals surface area contributed by atoms with E-state index in [4.69, 9.17) is 5.26 Å². The second kappa shape index (κ2) is 4.72. The first kappa shape index (κ1) is 10.7. The lowest BCUT2D eigenvalue weighted by Crippen LogP contribution is -1.88. The van der Waals surface area contributed by atoms with Crippen LogP contribution in [-0.2, 0) is 0 Å². The van der Waals surface area contributed by atoms with Crippen LogP contribution in [0.4, 0.5) is 5.69 Å². The number of nitrogens with zero attached hydrogens (tertiary/aromatic N) is 2. The molecule has 0 N–H and O–H groups in total. The smallest absolute Gasteiger partial charge is 0.258 e. The van der Waals surface area contributed by atoms with Crippen molar-refractivity contribution in [3.63, 3.8) is 0 Å². The summed E-state index contributed by atoms with van der Waals surface area (Å²) in [5, 5.41) is 18.7. The molecule has 0 aliphatic carbocycles. The summed E-state index contributed by atoms with van der Waals surface area (Å²) in [7, 11) is 0. The summed E-state index contributed by atoms with van der Waals surface area (Å²) < 4.78 is 0. The van der Waals surface area contributed by atoms with Gasteiger partial charge < -0.3 is 0 Å². The molecule has 0 amide bonds. The summed E-state index contributed by atoms with van der Waals surface area (Å²) in [5.41, 5.74) is 0.165. The van der Waals surface area contributed by atoms with Gasteiger partial charge in [-0.3, -0.25) is 10.1 Å². The number of fused-ring (bicyclic) bond motifs is 1. The van der Waals surface area contributed by atoms with Crippen LogP contribution in [0.15, 0.2) is 42.5 Å². The minimum absolute atomic E-state index is 0.165. The summed E-state index contributed by atoms with van der Waals surface area (Å²) >= 11 is 0. The van der Waals surface area contributed by atoms with Crippen molar-refractivity contribution in [2.75, 3.05) is 0 Å². The minimum Gasteiger partial charge on any atom is -0.258 e. The molecule has 0 saturated heterocycles. The van der Waals surface area contributed by atoms with Gasteiger partial charge in [0, 0.05) is 12.6 Å². The Bertz CT molecular complexity index is 501. The Morgan fingerprint density at radius 2 is 1.67 bits per heavy atom. The van der Waals surface area contributed by atoms with Crippen molar-refractivity contribution >= 4 is 16.5 Å². The number of hydrogen-bond donors (Lipinski definition) is 0. The molecule has 4 nitrogen and oxygen atoms in total. The maximum Gasteiger partial charge on any atom is 0.277 e. The van der Waals surface area contributed by atoms with E-state index in [0.29, 0.717) is 5.39 Å². The lowest BCUT2D eigenvalue weighted by molar-refractivity contribution is -0.383. The zero-order valence-electron chi connectivity index (χ0n) is 7.83. The number of rotatable bonds is 1. The topological polar surface area (TPSA) is 66.9 Å². The summed E-state index contributed by atoms with van der Waals surface area (Å²) in [6, 6.07) is 12.4. The van der Waals surface area contributed by atoms with Crippen LogP contribution in [0.25, 0.3) is 10.8 Å². The summed E-state index contributed by atoms with van der Waals surface area (Å²) in [6.07, 6.45) is 0. The van der Waals surface area contributed by atoms with Crippen LogP contribution < -0.4 is 0 Å². The molecule has 0 heterocycles. The molecule has 0 fully saturated rings.